The summed E-state index contributed by atoms with van der Waals surface area (Å²) in [4.78, 5) is 14.8. The molecule has 1 fully saturated rings. The van der Waals surface area contributed by atoms with Crippen molar-refractivity contribution in [2.24, 2.45) is 0 Å². The third-order valence-electron chi connectivity index (χ3n) is 5.00. The quantitative estimate of drug-likeness (QED) is 0.666. The fourth-order valence-corrected chi connectivity index (χ4v) is 4.41. The molecule has 0 aromatic heterocycles. The van der Waals surface area contributed by atoms with Crippen LogP contribution in [-0.2, 0) is 27.9 Å². The van der Waals surface area contributed by atoms with E-state index in [1.807, 2.05) is 24.3 Å². The summed E-state index contributed by atoms with van der Waals surface area (Å²) in [6.45, 7) is 3.05. The van der Waals surface area contributed by atoms with Crippen molar-refractivity contribution in [1.82, 2.24) is 10.2 Å². The number of anilines is 1. The normalized spacial score (nSPS) is 14.6. The molecule has 2 aromatic carbocycles. The maximum absolute atomic E-state index is 13.4. The number of sulfonamides is 1. The number of nitrogens with zero attached hydrogens (tertiary/aromatic N) is 2. The molecule has 1 aliphatic heterocycles. The second-order valence-corrected chi connectivity index (χ2v) is 9.76. The van der Waals surface area contributed by atoms with Gasteiger partial charge in [-0.1, -0.05) is 35.9 Å². The van der Waals surface area contributed by atoms with Gasteiger partial charge in [-0.05, 0) is 55.3 Å². The Kier molecular flexibility index (Phi) is 7.33. The van der Waals surface area contributed by atoms with Gasteiger partial charge in [0.25, 0.3) is 0 Å². The van der Waals surface area contributed by atoms with Crippen molar-refractivity contribution < 1.29 is 17.6 Å². The van der Waals surface area contributed by atoms with E-state index in [9.17, 15) is 17.6 Å². The van der Waals surface area contributed by atoms with Crippen LogP contribution in [0.3, 0.4) is 0 Å². The lowest BCUT2D eigenvalue weighted by atomic mass is 10.1. The highest BCUT2D eigenvalue weighted by Crippen LogP contribution is 2.24. The highest BCUT2D eigenvalue weighted by Gasteiger charge is 2.21. The minimum absolute atomic E-state index is 0.130. The first-order valence-corrected chi connectivity index (χ1v) is 11.9. The second kappa shape index (κ2) is 9.76. The van der Waals surface area contributed by atoms with Crippen LogP contribution in [0.25, 0.3) is 0 Å². The number of halogens is 2. The summed E-state index contributed by atoms with van der Waals surface area (Å²) in [7, 11) is -3.76. The van der Waals surface area contributed by atoms with Gasteiger partial charge in [0.1, 0.15) is 12.4 Å². The lowest BCUT2D eigenvalue weighted by Gasteiger charge is -2.22. The molecule has 6 nitrogen and oxygen atoms in total. The van der Waals surface area contributed by atoms with Gasteiger partial charge in [0.2, 0.25) is 15.9 Å². The first-order valence-electron chi connectivity index (χ1n) is 9.72. The first-order chi connectivity index (χ1) is 14.2. The number of hydrogen-bond acceptors (Lipinski definition) is 4. The van der Waals surface area contributed by atoms with Crippen LogP contribution in [0.2, 0.25) is 5.02 Å². The number of likely N-dealkylation sites (tertiary alicyclic amines) is 1. The summed E-state index contributed by atoms with van der Waals surface area (Å²) in [5.41, 5.74) is 2.28. The van der Waals surface area contributed by atoms with Crippen LogP contribution in [0.15, 0.2) is 42.5 Å². The minimum atomic E-state index is -3.76. The lowest BCUT2D eigenvalue weighted by molar-refractivity contribution is -0.119. The molecule has 3 rings (SSSR count). The van der Waals surface area contributed by atoms with E-state index >= 15 is 0 Å². The van der Waals surface area contributed by atoms with Crippen LogP contribution >= 0.6 is 11.6 Å². The molecule has 0 aliphatic carbocycles. The summed E-state index contributed by atoms with van der Waals surface area (Å²) >= 11 is 5.75. The molecule has 9 heteroatoms. The fraction of sp³-hybridized carbons (Fsp3) is 0.381. The molecular formula is C21H25ClFN3O3S. The molecule has 0 bridgehead atoms. The summed E-state index contributed by atoms with van der Waals surface area (Å²) < 4.78 is 38.5. The van der Waals surface area contributed by atoms with E-state index in [-0.39, 0.29) is 17.3 Å². The fourth-order valence-electron chi connectivity index (χ4n) is 3.39. The summed E-state index contributed by atoms with van der Waals surface area (Å²) in [5.74, 6) is -1.13. The number of carbonyl (C=O) groups is 1. The molecule has 0 saturated carbocycles. The van der Waals surface area contributed by atoms with Crippen molar-refractivity contribution >= 4 is 33.2 Å². The van der Waals surface area contributed by atoms with Gasteiger partial charge in [0.15, 0.2) is 0 Å². The highest BCUT2D eigenvalue weighted by atomic mass is 35.5. The molecule has 0 atom stereocenters. The molecule has 2 aromatic rings. The predicted molar refractivity (Wildman–Crippen MR) is 116 cm³/mol. The number of amides is 1. The van der Waals surface area contributed by atoms with Gasteiger partial charge >= 0.3 is 0 Å². The molecule has 1 N–H and O–H groups in total. The van der Waals surface area contributed by atoms with Crippen molar-refractivity contribution in [3.8, 4) is 0 Å². The summed E-state index contributed by atoms with van der Waals surface area (Å²) in [5, 5.41) is 2.51. The van der Waals surface area contributed by atoms with E-state index in [0.29, 0.717) is 0 Å². The van der Waals surface area contributed by atoms with Crippen LogP contribution in [0.1, 0.15) is 24.0 Å². The Morgan fingerprint density at radius 3 is 2.37 bits per heavy atom. The Morgan fingerprint density at radius 2 is 1.77 bits per heavy atom. The smallest absolute Gasteiger partial charge is 0.241 e. The first kappa shape index (κ1) is 22.5. The number of benzene rings is 2. The Morgan fingerprint density at radius 1 is 1.13 bits per heavy atom. The van der Waals surface area contributed by atoms with E-state index in [1.54, 1.807) is 0 Å². The third kappa shape index (κ3) is 6.17. The Hall–Kier alpha value is -2.16. The van der Waals surface area contributed by atoms with Crippen LogP contribution in [0.4, 0.5) is 10.1 Å². The van der Waals surface area contributed by atoms with Crippen molar-refractivity contribution in [2.45, 2.75) is 25.9 Å². The molecule has 1 saturated heterocycles. The van der Waals surface area contributed by atoms with E-state index < -0.39 is 28.3 Å². The highest BCUT2D eigenvalue weighted by molar-refractivity contribution is 7.92. The maximum Gasteiger partial charge on any atom is 0.241 e. The molecule has 1 heterocycles. The van der Waals surface area contributed by atoms with Gasteiger partial charge in [-0.15, -0.1) is 0 Å². The largest absolute Gasteiger partial charge is 0.350 e. The second-order valence-electron chi connectivity index (χ2n) is 7.44. The number of rotatable bonds is 8. The zero-order valence-electron chi connectivity index (χ0n) is 16.8. The summed E-state index contributed by atoms with van der Waals surface area (Å²) in [6.07, 6.45) is 3.48. The van der Waals surface area contributed by atoms with Gasteiger partial charge in [-0.3, -0.25) is 14.0 Å². The van der Waals surface area contributed by atoms with Gasteiger partial charge in [0.05, 0.1) is 17.0 Å². The molecule has 1 amide bonds. The molecule has 162 valence electrons. The van der Waals surface area contributed by atoms with Crippen LogP contribution in [-0.4, -0.2) is 45.1 Å². The van der Waals surface area contributed by atoms with Crippen molar-refractivity contribution in [3.63, 3.8) is 0 Å². The monoisotopic (exact) mass is 453 g/mol. The third-order valence-corrected chi connectivity index (χ3v) is 6.43. The zero-order chi connectivity index (χ0) is 21.7. The van der Waals surface area contributed by atoms with E-state index in [1.165, 1.54) is 30.5 Å². The Balaban J connectivity index is 1.58. The zero-order valence-corrected chi connectivity index (χ0v) is 18.3. The molecule has 0 radical (unpaired) electrons. The lowest BCUT2D eigenvalue weighted by Crippen LogP contribution is -2.40. The Labute approximate surface area is 181 Å². The molecule has 0 spiro atoms. The van der Waals surface area contributed by atoms with E-state index in [4.69, 9.17) is 11.6 Å². The average molecular weight is 454 g/mol. The molecule has 1 aliphatic rings. The van der Waals surface area contributed by atoms with Crippen molar-refractivity contribution in [3.05, 3.63) is 64.4 Å². The number of carbonyl (C=O) groups excluding carboxylic acids is 1. The number of hydrogen-bond donors (Lipinski definition) is 1. The molecule has 0 unspecified atom stereocenters. The standard InChI is InChI=1S/C21H25ClFN3O3S/c1-30(28,29)26(18-8-9-20(23)19(22)12-18)15-21(27)24-13-16-4-6-17(7-5-16)14-25-10-2-3-11-25/h4-9,12H,2-3,10-11,13-15H2,1H3,(H,24,27). The maximum atomic E-state index is 13.4. The van der Waals surface area contributed by atoms with E-state index in [2.05, 4.69) is 10.2 Å². The number of nitrogens with one attached hydrogen (secondary N) is 1. The van der Waals surface area contributed by atoms with Gasteiger partial charge in [-0.2, -0.15) is 0 Å². The van der Waals surface area contributed by atoms with Crippen molar-refractivity contribution in [1.29, 1.82) is 0 Å². The van der Waals surface area contributed by atoms with Crippen molar-refractivity contribution in [2.75, 3.05) is 30.2 Å². The summed E-state index contributed by atoms with van der Waals surface area (Å²) in [6, 6.07) is 11.5. The average Bonchev–Trinajstić information content (AvgIpc) is 3.20. The molecule has 30 heavy (non-hydrogen) atoms. The minimum Gasteiger partial charge on any atom is -0.350 e. The van der Waals surface area contributed by atoms with Crippen LogP contribution < -0.4 is 9.62 Å². The SMILES string of the molecule is CS(=O)(=O)N(CC(=O)NCc1ccc(CN2CCCC2)cc1)c1ccc(F)c(Cl)c1. The van der Waals surface area contributed by atoms with Crippen LogP contribution in [0.5, 0.6) is 0 Å². The van der Waals surface area contributed by atoms with E-state index in [0.717, 1.165) is 41.8 Å². The van der Waals surface area contributed by atoms with Gasteiger partial charge in [-0.25, -0.2) is 12.8 Å². The van der Waals surface area contributed by atoms with Crippen LogP contribution in [0, 0.1) is 5.82 Å². The van der Waals surface area contributed by atoms with Gasteiger partial charge < -0.3 is 5.32 Å². The topological polar surface area (TPSA) is 69.7 Å². The van der Waals surface area contributed by atoms with Gasteiger partial charge in [0, 0.05) is 13.1 Å². The Bertz CT molecular complexity index is 993. The molecular weight excluding hydrogens is 429 g/mol. The predicted octanol–water partition coefficient (Wildman–Crippen LogP) is 3.16.